The summed E-state index contributed by atoms with van der Waals surface area (Å²) in [6, 6.07) is 0. The van der Waals surface area contributed by atoms with Crippen molar-refractivity contribution in [2.24, 2.45) is 0 Å². The summed E-state index contributed by atoms with van der Waals surface area (Å²) in [6.45, 7) is 1.80. The number of hydrogen-bond donors (Lipinski definition) is 2. The molecular formula is C12H22F3NO2. The van der Waals surface area contributed by atoms with E-state index in [4.69, 9.17) is 5.11 Å². The average molecular weight is 269 g/mol. The van der Waals surface area contributed by atoms with Crippen LogP contribution in [0.3, 0.4) is 0 Å². The van der Waals surface area contributed by atoms with E-state index in [2.05, 4.69) is 0 Å². The molecule has 3 nitrogen and oxygen atoms in total. The number of aliphatic hydroxyl groups excluding tert-OH is 1. The number of aliphatic hydroxyl groups is 2. The number of alkyl halides is 3. The molecule has 1 atom stereocenters. The van der Waals surface area contributed by atoms with E-state index < -0.39 is 11.8 Å². The Kier molecular flexibility index (Phi) is 5.88. The monoisotopic (exact) mass is 269 g/mol. The predicted octanol–water partition coefficient (Wildman–Crippen LogP) is 1.93. The zero-order valence-electron chi connectivity index (χ0n) is 10.5. The van der Waals surface area contributed by atoms with E-state index in [0.29, 0.717) is 13.0 Å². The Hall–Kier alpha value is -0.330. The molecular weight excluding hydrogens is 247 g/mol. The molecule has 6 heteroatoms. The van der Waals surface area contributed by atoms with Crippen LogP contribution in [0.15, 0.2) is 0 Å². The fraction of sp³-hybridized carbons (Fsp3) is 1.00. The summed E-state index contributed by atoms with van der Waals surface area (Å²) in [7, 11) is 0. The standard InChI is InChI=1S/C12H22F3NO2/c13-12(14,15)11(18)5-4-8-16(9-6-11)7-2-1-3-10-17/h17-18H,1-10H2. The predicted molar refractivity (Wildman–Crippen MR) is 62.2 cm³/mol. The molecule has 1 heterocycles. The topological polar surface area (TPSA) is 43.7 Å². The third kappa shape index (κ3) is 4.40. The number of nitrogens with zero attached hydrogens (tertiary/aromatic N) is 1. The molecule has 1 unspecified atom stereocenters. The average Bonchev–Trinajstić information content (AvgIpc) is 2.47. The Morgan fingerprint density at radius 3 is 2.39 bits per heavy atom. The first-order valence-electron chi connectivity index (χ1n) is 6.51. The van der Waals surface area contributed by atoms with E-state index in [-0.39, 0.29) is 26.0 Å². The molecule has 0 aliphatic carbocycles. The van der Waals surface area contributed by atoms with Crippen LogP contribution in [0.2, 0.25) is 0 Å². The molecule has 1 aliphatic heterocycles. The number of hydrogen-bond acceptors (Lipinski definition) is 3. The summed E-state index contributed by atoms with van der Waals surface area (Å²) in [5.41, 5.74) is -2.51. The van der Waals surface area contributed by atoms with Crippen molar-refractivity contribution in [1.29, 1.82) is 0 Å². The van der Waals surface area contributed by atoms with Gasteiger partial charge in [0.25, 0.3) is 0 Å². The number of halogens is 3. The summed E-state index contributed by atoms with van der Waals surface area (Å²) in [4.78, 5) is 1.97. The molecule has 1 saturated heterocycles. The lowest BCUT2D eigenvalue weighted by Gasteiger charge is -2.29. The van der Waals surface area contributed by atoms with E-state index in [1.165, 1.54) is 0 Å². The molecule has 0 amide bonds. The highest BCUT2D eigenvalue weighted by molar-refractivity contribution is 4.89. The van der Waals surface area contributed by atoms with E-state index in [9.17, 15) is 18.3 Å². The van der Waals surface area contributed by atoms with Crippen LogP contribution in [-0.4, -0.2) is 53.1 Å². The van der Waals surface area contributed by atoms with Crippen LogP contribution in [-0.2, 0) is 0 Å². The van der Waals surface area contributed by atoms with Gasteiger partial charge < -0.3 is 15.1 Å². The number of rotatable bonds is 5. The van der Waals surface area contributed by atoms with E-state index in [1.54, 1.807) is 0 Å². The zero-order chi connectivity index (χ0) is 13.6. The van der Waals surface area contributed by atoms with Gasteiger partial charge >= 0.3 is 6.18 Å². The molecule has 0 aromatic rings. The minimum absolute atomic E-state index is 0.161. The Morgan fingerprint density at radius 2 is 1.78 bits per heavy atom. The summed E-state index contributed by atoms with van der Waals surface area (Å²) in [6.07, 6.45) is -2.10. The molecule has 0 saturated carbocycles. The number of likely N-dealkylation sites (tertiary alicyclic amines) is 1. The summed E-state index contributed by atoms with van der Waals surface area (Å²) >= 11 is 0. The Bertz CT molecular complexity index is 248. The van der Waals surface area contributed by atoms with Gasteiger partial charge in [-0.15, -0.1) is 0 Å². The molecule has 18 heavy (non-hydrogen) atoms. The summed E-state index contributed by atoms with van der Waals surface area (Å²) in [5.74, 6) is 0. The first-order chi connectivity index (χ1) is 8.39. The van der Waals surface area contributed by atoms with Crippen LogP contribution in [0.5, 0.6) is 0 Å². The van der Waals surface area contributed by atoms with Crippen molar-refractivity contribution in [3.8, 4) is 0 Å². The van der Waals surface area contributed by atoms with Crippen LogP contribution < -0.4 is 0 Å². The molecule has 1 rings (SSSR count). The fourth-order valence-corrected chi connectivity index (χ4v) is 2.31. The molecule has 1 fully saturated rings. The molecule has 0 spiro atoms. The Labute approximate surface area is 106 Å². The van der Waals surface area contributed by atoms with Crippen molar-refractivity contribution in [3.63, 3.8) is 0 Å². The Morgan fingerprint density at radius 1 is 1.06 bits per heavy atom. The molecule has 1 aliphatic rings. The van der Waals surface area contributed by atoms with Gasteiger partial charge in [0.15, 0.2) is 5.60 Å². The van der Waals surface area contributed by atoms with Crippen molar-refractivity contribution in [1.82, 2.24) is 4.90 Å². The van der Waals surface area contributed by atoms with Crippen LogP contribution in [0.25, 0.3) is 0 Å². The SMILES string of the molecule is OCCCCCN1CCCC(O)(C(F)(F)F)CC1. The lowest BCUT2D eigenvalue weighted by molar-refractivity contribution is -0.263. The lowest BCUT2D eigenvalue weighted by atomic mass is 9.94. The van der Waals surface area contributed by atoms with E-state index in [0.717, 1.165) is 25.8 Å². The molecule has 0 bridgehead atoms. The molecule has 0 aromatic carbocycles. The van der Waals surface area contributed by atoms with Crippen molar-refractivity contribution in [3.05, 3.63) is 0 Å². The van der Waals surface area contributed by atoms with Gasteiger partial charge in [0.1, 0.15) is 0 Å². The van der Waals surface area contributed by atoms with Gasteiger partial charge in [0.05, 0.1) is 0 Å². The van der Waals surface area contributed by atoms with Gasteiger partial charge in [0, 0.05) is 13.2 Å². The smallest absolute Gasteiger partial charge is 0.396 e. The maximum Gasteiger partial charge on any atom is 0.417 e. The third-order valence-corrected chi connectivity index (χ3v) is 3.57. The van der Waals surface area contributed by atoms with Crippen molar-refractivity contribution < 1.29 is 23.4 Å². The van der Waals surface area contributed by atoms with Gasteiger partial charge in [-0.1, -0.05) is 0 Å². The highest BCUT2D eigenvalue weighted by atomic mass is 19.4. The Balaban J connectivity index is 2.37. The highest BCUT2D eigenvalue weighted by Crippen LogP contribution is 2.38. The highest BCUT2D eigenvalue weighted by Gasteiger charge is 2.53. The second kappa shape index (κ2) is 6.73. The minimum atomic E-state index is -4.53. The lowest BCUT2D eigenvalue weighted by Crippen LogP contribution is -2.45. The van der Waals surface area contributed by atoms with Gasteiger partial charge in [-0.05, 0) is 51.6 Å². The second-order valence-electron chi connectivity index (χ2n) is 5.01. The van der Waals surface area contributed by atoms with Gasteiger partial charge in [-0.25, -0.2) is 0 Å². The zero-order valence-corrected chi connectivity index (χ0v) is 10.5. The molecule has 0 aromatic heterocycles. The largest absolute Gasteiger partial charge is 0.417 e. The summed E-state index contributed by atoms with van der Waals surface area (Å²) in [5, 5.41) is 18.3. The van der Waals surface area contributed by atoms with E-state index in [1.807, 2.05) is 4.90 Å². The van der Waals surface area contributed by atoms with Crippen LogP contribution >= 0.6 is 0 Å². The van der Waals surface area contributed by atoms with Crippen molar-refractivity contribution >= 4 is 0 Å². The van der Waals surface area contributed by atoms with Gasteiger partial charge in [-0.3, -0.25) is 0 Å². The normalized spacial score (nSPS) is 27.2. The molecule has 108 valence electrons. The first-order valence-corrected chi connectivity index (χ1v) is 6.51. The van der Waals surface area contributed by atoms with E-state index >= 15 is 0 Å². The van der Waals surface area contributed by atoms with Crippen molar-refractivity contribution in [2.75, 3.05) is 26.2 Å². The van der Waals surface area contributed by atoms with Crippen LogP contribution in [0.1, 0.15) is 38.5 Å². The first kappa shape index (κ1) is 15.7. The fourth-order valence-electron chi connectivity index (χ4n) is 2.31. The minimum Gasteiger partial charge on any atom is -0.396 e. The maximum atomic E-state index is 12.7. The van der Waals surface area contributed by atoms with Gasteiger partial charge in [0.2, 0.25) is 0 Å². The quantitative estimate of drug-likeness (QED) is 0.750. The van der Waals surface area contributed by atoms with Crippen molar-refractivity contribution in [2.45, 2.75) is 50.3 Å². The molecule has 2 N–H and O–H groups in total. The van der Waals surface area contributed by atoms with Gasteiger partial charge in [-0.2, -0.15) is 13.2 Å². The van der Waals surface area contributed by atoms with Crippen LogP contribution in [0, 0.1) is 0 Å². The van der Waals surface area contributed by atoms with Crippen LogP contribution in [0.4, 0.5) is 13.2 Å². The second-order valence-corrected chi connectivity index (χ2v) is 5.01. The molecule has 0 radical (unpaired) electrons. The third-order valence-electron chi connectivity index (χ3n) is 3.57. The summed E-state index contributed by atoms with van der Waals surface area (Å²) < 4.78 is 38.1. The maximum absolute atomic E-state index is 12.7. The number of unbranched alkanes of at least 4 members (excludes halogenated alkanes) is 2.